The van der Waals surface area contributed by atoms with E-state index in [1.165, 1.54) is 0 Å². The fourth-order valence-electron chi connectivity index (χ4n) is 2.12. The second-order valence-corrected chi connectivity index (χ2v) is 5.19. The summed E-state index contributed by atoms with van der Waals surface area (Å²) in [6, 6.07) is 6.43. The zero-order valence-corrected chi connectivity index (χ0v) is 12.8. The highest BCUT2D eigenvalue weighted by Gasteiger charge is 2.26. The van der Waals surface area contributed by atoms with Crippen LogP contribution in [0.3, 0.4) is 0 Å². The monoisotopic (exact) mass is 292 g/mol. The van der Waals surface area contributed by atoms with Gasteiger partial charge in [0.1, 0.15) is 6.04 Å². The third kappa shape index (κ3) is 4.86. The Hall–Kier alpha value is -1.88. The molecule has 1 aromatic rings. The molecule has 0 aromatic heterocycles. The van der Waals surface area contributed by atoms with Gasteiger partial charge in [-0.15, -0.1) is 0 Å². The number of carboxylic acid groups (broad SMARTS) is 1. The van der Waals surface area contributed by atoms with E-state index in [9.17, 15) is 14.7 Å². The molecule has 1 amide bonds. The Labute approximate surface area is 125 Å². The molecule has 0 aliphatic carbocycles. The summed E-state index contributed by atoms with van der Waals surface area (Å²) >= 11 is 0. The highest BCUT2D eigenvalue weighted by atomic mass is 16.4. The number of likely N-dealkylation sites (N-methyl/N-ethyl adjacent to an activating group) is 1. The molecule has 5 heteroatoms. The summed E-state index contributed by atoms with van der Waals surface area (Å²) in [5, 5.41) is 14.9. The third-order valence-electron chi connectivity index (χ3n) is 3.67. The standard InChI is InChI=1S/C16H24N2O3/c1-4-11(2)14(16(20)21)18-15(19)13-8-6-5-7-12(13)9-10-17-3/h5-8,11,14,17H,4,9-10H2,1-3H3,(H,18,19)(H,20,21)/t11-,14-/m0/s1. The smallest absolute Gasteiger partial charge is 0.326 e. The summed E-state index contributed by atoms with van der Waals surface area (Å²) in [5.74, 6) is -1.43. The first-order valence-corrected chi connectivity index (χ1v) is 7.27. The Bertz CT molecular complexity index is 488. The van der Waals surface area contributed by atoms with Gasteiger partial charge in [-0.3, -0.25) is 4.79 Å². The van der Waals surface area contributed by atoms with Crippen LogP contribution in [0.5, 0.6) is 0 Å². The van der Waals surface area contributed by atoms with Crippen molar-refractivity contribution in [2.45, 2.75) is 32.7 Å². The van der Waals surface area contributed by atoms with E-state index in [-0.39, 0.29) is 11.8 Å². The molecule has 2 atom stereocenters. The van der Waals surface area contributed by atoms with Crippen LogP contribution in [-0.2, 0) is 11.2 Å². The van der Waals surface area contributed by atoms with Gasteiger partial charge in [0.25, 0.3) is 5.91 Å². The van der Waals surface area contributed by atoms with E-state index in [4.69, 9.17) is 0 Å². The molecule has 0 heterocycles. The van der Waals surface area contributed by atoms with Gasteiger partial charge in [-0.2, -0.15) is 0 Å². The maximum absolute atomic E-state index is 12.4. The first-order valence-electron chi connectivity index (χ1n) is 7.27. The Morgan fingerprint density at radius 3 is 2.52 bits per heavy atom. The first-order chi connectivity index (χ1) is 10.0. The number of carbonyl (C=O) groups excluding carboxylic acids is 1. The van der Waals surface area contributed by atoms with Gasteiger partial charge in [0.15, 0.2) is 0 Å². The minimum absolute atomic E-state index is 0.115. The maximum atomic E-state index is 12.4. The summed E-state index contributed by atoms with van der Waals surface area (Å²) in [6.07, 6.45) is 1.42. The van der Waals surface area contributed by atoms with Crippen molar-refractivity contribution in [3.63, 3.8) is 0 Å². The number of hydrogen-bond acceptors (Lipinski definition) is 3. The summed E-state index contributed by atoms with van der Waals surface area (Å²) in [7, 11) is 1.85. The molecule has 1 aromatic carbocycles. The van der Waals surface area contributed by atoms with E-state index < -0.39 is 12.0 Å². The summed E-state index contributed by atoms with van der Waals surface area (Å²) in [6.45, 7) is 4.50. The average Bonchev–Trinajstić information content (AvgIpc) is 2.49. The van der Waals surface area contributed by atoms with Gasteiger partial charge in [-0.05, 0) is 37.6 Å². The van der Waals surface area contributed by atoms with E-state index in [0.29, 0.717) is 12.0 Å². The predicted molar refractivity (Wildman–Crippen MR) is 82.4 cm³/mol. The van der Waals surface area contributed by atoms with E-state index in [2.05, 4.69) is 10.6 Å². The fourth-order valence-corrected chi connectivity index (χ4v) is 2.12. The van der Waals surface area contributed by atoms with Crippen LogP contribution < -0.4 is 10.6 Å². The number of carbonyl (C=O) groups is 2. The van der Waals surface area contributed by atoms with Crippen molar-refractivity contribution in [1.82, 2.24) is 10.6 Å². The molecule has 0 fully saturated rings. The molecule has 0 spiro atoms. The Morgan fingerprint density at radius 1 is 1.29 bits per heavy atom. The largest absolute Gasteiger partial charge is 0.480 e. The normalized spacial score (nSPS) is 13.5. The lowest BCUT2D eigenvalue weighted by Crippen LogP contribution is -2.45. The zero-order valence-electron chi connectivity index (χ0n) is 12.8. The van der Waals surface area contributed by atoms with Crippen LogP contribution in [0, 0.1) is 5.92 Å². The molecule has 0 saturated heterocycles. The van der Waals surface area contributed by atoms with Crippen LogP contribution in [0.2, 0.25) is 0 Å². The zero-order chi connectivity index (χ0) is 15.8. The second-order valence-electron chi connectivity index (χ2n) is 5.19. The lowest BCUT2D eigenvalue weighted by molar-refractivity contribution is -0.140. The molecule has 3 N–H and O–H groups in total. The van der Waals surface area contributed by atoms with E-state index in [1.54, 1.807) is 12.1 Å². The number of rotatable bonds is 8. The summed E-state index contributed by atoms with van der Waals surface area (Å²) in [5.41, 5.74) is 1.46. The van der Waals surface area contributed by atoms with Crippen LogP contribution in [0.4, 0.5) is 0 Å². The Balaban J connectivity index is 2.90. The Morgan fingerprint density at radius 2 is 1.95 bits per heavy atom. The maximum Gasteiger partial charge on any atom is 0.326 e. The number of aliphatic carboxylic acids is 1. The van der Waals surface area contributed by atoms with Gasteiger partial charge in [0.05, 0.1) is 0 Å². The molecular weight excluding hydrogens is 268 g/mol. The molecule has 0 aliphatic rings. The van der Waals surface area contributed by atoms with E-state index in [1.807, 2.05) is 33.0 Å². The highest BCUT2D eigenvalue weighted by Crippen LogP contribution is 2.12. The van der Waals surface area contributed by atoms with Gasteiger partial charge >= 0.3 is 5.97 Å². The van der Waals surface area contributed by atoms with Crippen molar-refractivity contribution in [2.24, 2.45) is 5.92 Å². The Kier molecular flexibility index (Phi) is 6.88. The second kappa shape index (κ2) is 8.42. The molecule has 0 unspecified atom stereocenters. The van der Waals surface area contributed by atoms with Crippen LogP contribution >= 0.6 is 0 Å². The van der Waals surface area contributed by atoms with Crippen LogP contribution in [-0.4, -0.2) is 36.6 Å². The molecule has 21 heavy (non-hydrogen) atoms. The molecule has 0 saturated carbocycles. The van der Waals surface area contributed by atoms with E-state index >= 15 is 0 Å². The van der Waals surface area contributed by atoms with Crippen molar-refractivity contribution >= 4 is 11.9 Å². The topological polar surface area (TPSA) is 78.4 Å². The van der Waals surface area contributed by atoms with Crippen LogP contribution in [0.25, 0.3) is 0 Å². The van der Waals surface area contributed by atoms with Gasteiger partial charge in [-0.25, -0.2) is 4.79 Å². The van der Waals surface area contributed by atoms with Crippen molar-refractivity contribution < 1.29 is 14.7 Å². The molecule has 0 radical (unpaired) electrons. The number of amides is 1. The third-order valence-corrected chi connectivity index (χ3v) is 3.67. The predicted octanol–water partition coefficient (Wildman–Crippen LogP) is 1.68. The minimum Gasteiger partial charge on any atom is -0.480 e. The first kappa shape index (κ1) is 17.2. The van der Waals surface area contributed by atoms with E-state index in [0.717, 1.165) is 18.5 Å². The molecule has 116 valence electrons. The van der Waals surface area contributed by atoms with Gasteiger partial charge in [0, 0.05) is 5.56 Å². The van der Waals surface area contributed by atoms with Crippen LogP contribution in [0.15, 0.2) is 24.3 Å². The summed E-state index contributed by atoms with van der Waals surface area (Å²) < 4.78 is 0. The van der Waals surface area contributed by atoms with Crippen LogP contribution in [0.1, 0.15) is 36.2 Å². The number of hydrogen-bond donors (Lipinski definition) is 3. The minimum atomic E-state index is -0.995. The number of carboxylic acids is 1. The van der Waals surface area contributed by atoms with Gasteiger partial charge in [-0.1, -0.05) is 38.5 Å². The molecule has 1 rings (SSSR count). The highest BCUT2D eigenvalue weighted by molar-refractivity contribution is 5.97. The molecule has 0 bridgehead atoms. The fraction of sp³-hybridized carbons (Fsp3) is 0.500. The van der Waals surface area contributed by atoms with Crippen molar-refractivity contribution in [1.29, 1.82) is 0 Å². The van der Waals surface area contributed by atoms with Gasteiger partial charge < -0.3 is 15.7 Å². The van der Waals surface area contributed by atoms with Gasteiger partial charge in [0.2, 0.25) is 0 Å². The molecule has 0 aliphatic heterocycles. The van der Waals surface area contributed by atoms with Crippen molar-refractivity contribution in [3.05, 3.63) is 35.4 Å². The van der Waals surface area contributed by atoms with Crippen molar-refractivity contribution in [3.8, 4) is 0 Å². The average molecular weight is 292 g/mol. The quantitative estimate of drug-likeness (QED) is 0.681. The molecule has 5 nitrogen and oxygen atoms in total. The number of nitrogens with one attached hydrogen (secondary N) is 2. The number of benzene rings is 1. The molecular formula is C16H24N2O3. The summed E-state index contributed by atoms with van der Waals surface area (Å²) in [4.78, 5) is 23.7. The lowest BCUT2D eigenvalue weighted by Gasteiger charge is -2.21. The van der Waals surface area contributed by atoms with Crippen molar-refractivity contribution in [2.75, 3.05) is 13.6 Å². The lowest BCUT2D eigenvalue weighted by atomic mass is 9.98. The SMILES string of the molecule is CC[C@H](C)[C@H](NC(=O)c1ccccc1CCNC)C(=O)O.